The van der Waals surface area contributed by atoms with E-state index in [9.17, 15) is 4.79 Å². The maximum Gasteiger partial charge on any atom is 0.165 e. The van der Waals surface area contributed by atoms with Gasteiger partial charge in [0.25, 0.3) is 0 Å². The van der Waals surface area contributed by atoms with Gasteiger partial charge in [-0.15, -0.1) is 0 Å². The number of hydrogen-bond acceptors (Lipinski definition) is 2. The summed E-state index contributed by atoms with van der Waals surface area (Å²) in [6, 6.07) is 7.89. The fourth-order valence-electron chi connectivity index (χ4n) is 2.98. The lowest BCUT2D eigenvalue weighted by molar-refractivity contribution is 0.0962. The summed E-state index contributed by atoms with van der Waals surface area (Å²) in [7, 11) is 0. The van der Waals surface area contributed by atoms with Crippen molar-refractivity contribution >= 4 is 17.4 Å². The molecular formula is C17H16ClNO. The van der Waals surface area contributed by atoms with Crippen molar-refractivity contribution in [2.24, 2.45) is 0 Å². The van der Waals surface area contributed by atoms with Crippen LogP contribution in [0.25, 0.3) is 0 Å². The van der Waals surface area contributed by atoms with E-state index < -0.39 is 0 Å². The summed E-state index contributed by atoms with van der Waals surface area (Å²) in [6.45, 7) is 4.01. The van der Waals surface area contributed by atoms with Crippen LogP contribution in [0.3, 0.4) is 0 Å². The largest absolute Gasteiger partial charge is 0.294 e. The lowest BCUT2D eigenvalue weighted by Gasteiger charge is -2.25. The highest BCUT2D eigenvalue weighted by Crippen LogP contribution is 2.36. The van der Waals surface area contributed by atoms with E-state index in [0.717, 1.165) is 33.8 Å². The average molecular weight is 286 g/mol. The molecule has 0 saturated carbocycles. The van der Waals surface area contributed by atoms with E-state index in [0.29, 0.717) is 6.42 Å². The maximum atomic E-state index is 12.4. The number of carbonyl (C=O) groups excluding carboxylic acids is 1. The molecule has 1 aromatic carbocycles. The number of fused-ring (bicyclic) bond motifs is 1. The van der Waals surface area contributed by atoms with E-state index in [1.54, 1.807) is 6.20 Å². The third-order valence-electron chi connectivity index (χ3n) is 3.98. The summed E-state index contributed by atoms with van der Waals surface area (Å²) in [5.41, 5.74) is 4.97. The molecule has 0 aliphatic heterocycles. The Morgan fingerprint density at radius 1 is 1.20 bits per heavy atom. The van der Waals surface area contributed by atoms with E-state index in [1.807, 2.05) is 32.0 Å². The smallest absolute Gasteiger partial charge is 0.165 e. The highest BCUT2D eigenvalue weighted by molar-refractivity contribution is 6.31. The Morgan fingerprint density at radius 3 is 2.80 bits per heavy atom. The van der Waals surface area contributed by atoms with Crippen molar-refractivity contribution in [3.05, 3.63) is 63.4 Å². The topological polar surface area (TPSA) is 30.0 Å². The molecule has 1 aliphatic carbocycles. The molecule has 20 heavy (non-hydrogen) atoms. The summed E-state index contributed by atoms with van der Waals surface area (Å²) >= 11 is 6.30. The van der Waals surface area contributed by atoms with Gasteiger partial charge in [-0.1, -0.05) is 29.3 Å². The molecule has 102 valence electrons. The SMILES string of the molecule is Cc1ccc(Cl)c(C2CC(=O)c3c(C)ccnc3C2)c1. The van der Waals surface area contributed by atoms with E-state index in [4.69, 9.17) is 11.6 Å². The van der Waals surface area contributed by atoms with Crippen LogP contribution in [0.2, 0.25) is 5.02 Å². The van der Waals surface area contributed by atoms with E-state index in [2.05, 4.69) is 11.1 Å². The fourth-order valence-corrected chi connectivity index (χ4v) is 3.25. The van der Waals surface area contributed by atoms with Gasteiger partial charge in [0.05, 0.1) is 5.69 Å². The molecule has 0 saturated heterocycles. The number of Topliss-reactive ketones (excluding diaryl/α,β-unsaturated/α-hetero) is 1. The molecule has 2 nitrogen and oxygen atoms in total. The Morgan fingerprint density at radius 2 is 2.00 bits per heavy atom. The second kappa shape index (κ2) is 5.02. The van der Waals surface area contributed by atoms with Crippen LogP contribution in [0.5, 0.6) is 0 Å². The monoisotopic (exact) mass is 285 g/mol. The second-order valence-corrected chi connectivity index (χ2v) is 5.91. The molecule has 1 heterocycles. The van der Waals surface area contributed by atoms with E-state index in [-0.39, 0.29) is 11.7 Å². The van der Waals surface area contributed by atoms with E-state index in [1.165, 1.54) is 5.56 Å². The van der Waals surface area contributed by atoms with Crippen LogP contribution in [0.15, 0.2) is 30.5 Å². The number of hydrogen-bond donors (Lipinski definition) is 0. The molecule has 3 rings (SSSR count). The van der Waals surface area contributed by atoms with Gasteiger partial charge in [0.1, 0.15) is 0 Å². The number of ketones is 1. The van der Waals surface area contributed by atoms with Crippen molar-refractivity contribution in [2.45, 2.75) is 32.6 Å². The molecule has 1 aliphatic rings. The lowest BCUT2D eigenvalue weighted by Crippen LogP contribution is -2.21. The van der Waals surface area contributed by atoms with E-state index >= 15 is 0 Å². The first-order chi connectivity index (χ1) is 9.56. The highest BCUT2D eigenvalue weighted by atomic mass is 35.5. The van der Waals surface area contributed by atoms with Crippen LogP contribution in [0.4, 0.5) is 0 Å². The van der Waals surface area contributed by atoms with Gasteiger partial charge in [-0.25, -0.2) is 0 Å². The normalized spacial score (nSPS) is 17.9. The van der Waals surface area contributed by atoms with Gasteiger partial charge in [-0.3, -0.25) is 9.78 Å². The highest BCUT2D eigenvalue weighted by Gasteiger charge is 2.29. The molecule has 0 spiro atoms. The number of pyridine rings is 1. The molecule has 0 amide bonds. The van der Waals surface area contributed by atoms with Crippen molar-refractivity contribution in [2.75, 3.05) is 0 Å². The van der Waals surface area contributed by atoms with Crippen molar-refractivity contribution < 1.29 is 4.79 Å². The zero-order valence-electron chi connectivity index (χ0n) is 11.6. The van der Waals surface area contributed by atoms with Crippen molar-refractivity contribution in [1.29, 1.82) is 0 Å². The Bertz CT molecular complexity index is 693. The summed E-state index contributed by atoms with van der Waals surface area (Å²) in [6.07, 6.45) is 3.08. The van der Waals surface area contributed by atoms with Crippen LogP contribution < -0.4 is 0 Å². The number of nitrogens with zero attached hydrogens (tertiary/aromatic N) is 1. The van der Waals surface area contributed by atoms with Crippen molar-refractivity contribution in [1.82, 2.24) is 4.98 Å². The Kier molecular flexibility index (Phi) is 3.35. The number of halogens is 1. The van der Waals surface area contributed by atoms with Gasteiger partial charge in [-0.05, 0) is 49.4 Å². The summed E-state index contributed by atoms with van der Waals surface area (Å²) in [5.74, 6) is 0.316. The lowest BCUT2D eigenvalue weighted by atomic mass is 9.80. The molecule has 2 aromatic rings. The van der Waals surface area contributed by atoms with Crippen LogP contribution in [0.1, 0.15) is 45.1 Å². The first-order valence-corrected chi connectivity index (χ1v) is 7.18. The maximum absolute atomic E-state index is 12.4. The summed E-state index contributed by atoms with van der Waals surface area (Å²) in [4.78, 5) is 16.8. The minimum Gasteiger partial charge on any atom is -0.294 e. The standard InChI is InChI=1S/C17H16ClNO/c1-10-3-4-14(18)13(7-10)12-8-15-17(16(20)9-12)11(2)5-6-19-15/h3-7,12H,8-9H2,1-2H3. The third kappa shape index (κ3) is 2.25. The quantitative estimate of drug-likeness (QED) is 0.783. The molecule has 1 unspecified atom stereocenters. The van der Waals surface area contributed by atoms with Crippen molar-refractivity contribution in [3.8, 4) is 0 Å². The first kappa shape index (κ1) is 13.3. The predicted octanol–water partition coefficient (Wildman–Crippen LogP) is 4.26. The Hall–Kier alpha value is -1.67. The molecule has 0 fully saturated rings. The van der Waals surface area contributed by atoms with Crippen molar-refractivity contribution in [3.63, 3.8) is 0 Å². The third-order valence-corrected chi connectivity index (χ3v) is 4.32. The average Bonchev–Trinajstić information content (AvgIpc) is 2.41. The Labute approximate surface area is 123 Å². The second-order valence-electron chi connectivity index (χ2n) is 5.50. The van der Waals surface area contributed by atoms with Crippen LogP contribution >= 0.6 is 11.6 Å². The minimum atomic E-state index is 0.136. The zero-order chi connectivity index (χ0) is 14.3. The van der Waals surface area contributed by atoms with Gasteiger partial charge in [0.15, 0.2) is 5.78 Å². The molecule has 1 aromatic heterocycles. The zero-order valence-corrected chi connectivity index (χ0v) is 12.4. The summed E-state index contributed by atoms with van der Waals surface area (Å²) in [5, 5.41) is 0.740. The molecular weight excluding hydrogens is 270 g/mol. The van der Waals surface area contributed by atoms with Gasteiger partial charge < -0.3 is 0 Å². The molecule has 3 heteroatoms. The molecule has 0 N–H and O–H groups in total. The van der Waals surface area contributed by atoms with Gasteiger partial charge in [0.2, 0.25) is 0 Å². The number of rotatable bonds is 1. The Balaban J connectivity index is 2.04. The van der Waals surface area contributed by atoms with Crippen LogP contribution in [-0.4, -0.2) is 10.8 Å². The van der Waals surface area contributed by atoms with Crippen LogP contribution in [-0.2, 0) is 6.42 Å². The summed E-state index contributed by atoms with van der Waals surface area (Å²) < 4.78 is 0. The van der Waals surface area contributed by atoms with Gasteiger partial charge in [0, 0.05) is 23.2 Å². The number of carbonyl (C=O) groups is 1. The van der Waals surface area contributed by atoms with Gasteiger partial charge in [-0.2, -0.15) is 0 Å². The number of aromatic nitrogens is 1. The molecule has 0 bridgehead atoms. The van der Waals surface area contributed by atoms with Crippen LogP contribution in [0, 0.1) is 13.8 Å². The molecule has 1 atom stereocenters. The molecule has 0 radical (unpaired) electrons. The minimum absolute atomic E-state index is 0.136. The number of aryl methyl sites for hydroxylation is 2. The fraction of sp³-hybridized carbons (Fsp3) is 0.294. The number of benzene rings is 1. The van der Waals surface area contributed by atoms with Gasteiger partial charge >= 0.3 is 0 Å². The predicted molar refractivity (Wildman–Crippen MR) is 80.6 cm³/mol. The first-order valence-electron chi connectivity index (χ1n) is 6.80.